The van der Waals surface area contributed by atoms with Gasteiger partial charge in [0.15, 0.2) is 0 Å². The number of nitrogens with zero attached hydrogens (tertiary/aromatic N) is 1. The van der Waals surface area contributed by atoms with E-state index in [0.717, 1.165) is 25.4 Å². The number of hydrogen-bond acceptors (Lipinski definition) is 2. The average Bonchev–Trinajstić information content (AvgIpc) is 2.72. The molecular formula is C16H30N2O. The summed E-state index contributed by atoms with van der Waals surface area (Å²) in [7, 11) is 1.92. The van der Waals surface area contributed by atoms with Crippen molar-refractivity contribution >= 4 is 5.91 Å². The average molecular weight is 266 g/mol. The molecule has 1 heterocycles. The molecule has 3 heteroatoms. The van der Waals surface area contributed by atoms with Gasteiger partial charge in [-0.25, -0.2) is 0 Å². The molecule has 2 rings (SSSR count). The van der Waals surface area contributed by atoms with E-state index in [0.29, 0.717) is 11.8 Å². The third-order valence-electron chi connectivity index (χ3n) is 5.00. The molecule has 1 amide bonds. The molecule has 2 atom stereocenters. The fourth-order valence-electron chi connectivity index (χ4n) is 3.77. The first-order valence-corrected chi connectivity index (χ1v) is 8.18. The number of rotatable bonds is 3. The fourth-order valence-corrected chi connectivity index (χ4v) is 3.77. The zero-order chi connectivity index (χ0) is 13.7. The van der Waals surface area contributed by atoms with Crippen LogP contribution in [0.2, 0.25) is 0 Å². The van der Waals surface area contributed by atoms with Crippen molar-refractivity contribution in [3.8, 4) is 0 Å². The first-order chi connectivity index (χ1) is 9.22. The zero-order valence-electron chi connectivity index (χ0n) is 12.7. The van der Waals surface area contributed by atoms with Gasteiger partial charge in [0, 0.05) is 13.1 Å². The zero-order valence-corrected chi connectivity index (χ0v) is 12.7. The highest BCUT2D eigenvalue weighted by atomic mass is 16.2. The van der Waals surface area contributed by atoms with Crippen molar-refractivity contribution in [3.05, 3.63) is 0 Å². The molecule has 0 aromatic heterocycles. The Morgan fingerprint density at radius 3 is 2.42 bits per heavy atom. The van der Waals surface area contributed by atoms with E-state index in [1.807, 2.05) is 7.05 Å². The monoisotopic (exact) mass is 266 g/mol. The SMILES string of the molecule is CNC1C(=O)N(CC2CCCCCC2)CCCC1C. The first kappa shape index (κ1) is 14.8. The molecule has 1 saturated heterocycles. The second-order valence-corrected chi connectivity index (χ2v) is 6.53. The molecule has 0 spiro atoms. The van der Waals surface area contributed by atoms with Crippen LogP contribution in [0.3, 0.4) is 0 Å². The molecule has 1 saturated carbocycles. The molecule has 2 fully saturated rings. The van der Waals surface area contributed by atoms with Crippen LogP contribution in [0, 0.1) is 11.8 Å². The van der Waals surface area contributed by atoms with Crippen LogP contribution in [0.1, 0.15) is 58.3 Å². The molecule has 2 aliphatic rings. The molecule has 19 heavy (non-hydrogen) atoms. The van der Waals surface area contributed by atoms with Crippen LogP contribution in [-0.2, 0) is 4.79 Å². The highest BCUT2D eigenvalue weighted by molar-refractivity contribution is 5.82. The quantitative estimate of drug-likeness (QED) is 0.797. The largest absolute Gasteiger partial charge is 0.341 e. The van der Waals surface area contributed by atoms with Gasteiger partial charge in [-0.2, -0.15) is 0 Å². The molecule has 0 aromatic carbocycles. The molecule has 3 nitrogen and oxygen atoms in total. The van der Waals surface area contributed by atoms with Crippen molar-refractivity contribution in [1.29, 1.82) is 0 Å². The fraction of sp³-hybridized carbons (Fsp3) is 0.938. The van der Waals surface area contributed by atoms with Gasteiger partial charge in [0.25, 0.3) is 0 Å². The van der Waals surface area contributed by atoms with E-state index in [1.54, 1.807) is 0 Å². The van der Waals surface area contributed by atoms with Crippen LogP contribution >= 0.6 is 0 Å². The number of carbonyl (C=O) groups is 1. The molecule has 1 N–H and O–H groups in total. The Kier molecular flexibility index (Phi) is 5.68. The van der Waals surface area contributed by atoms with Gasteiger partial charge in [0.2, 0.25) is 5.91 Å². The summed E-state index contributed by atoms with van der Waals surface area (Å²) in [6.45, 7) is 4.18. The minimum absolute atomic E-state index is 0.0354. The number of hydrogen-bond donors (Lipinski definition) is 1. The van der Waals surface area contributed by atoms with Gasteiger partial charge < -0.3 is 10.2 Å². The Hall–Kier alpha value is -0.570. The summed E-state index contributed by atoms with van der Waals surface area (Å²) < 4.78 is 0. The Bertz CT molecular complexity index is 284. The maximum Gasteiger partial charge on any atom is 0.239 e. The van der Waals surface area contributed by atoms with Crippen LogP contribution in [0.15, 0.2) is 0 Å². The standard InChI is InChI=1S/C16H30N2O/c1-13-8-7-11-18(16(19)15(13)17-2)12-14-9-5-3-4-6-10-14/h13-15,17H,3-12H2,1-2H3. The van der Waals surface area contributed by atoms with Crippen LogP contribution in [0.4, 0.5) is 0 Å². The number of nitrogens with one attached hydrogen (secondary N) is 1. The van der Waals surface area contributed by atoms with E-state index in [1.165, 1.54) is 44.9 Å². The number of likely N-dealkylation sites (tertiary alicyclic amines) is 1. The first-order valence-electron chi connectivity index (χ1n) is 8.18. The van der Waals surface area contributed by atoms with E-state index in [-0.39, 0.29) is 6.04 Å². The lowest BCUT2D eigenvalue weighted by atomic mass is 9.97. The maximum atomic E-state index is 12.6. The third-order valence-corrected chi connectivity index (χ3v) is 5.00. The summed E-state index contributed by atoms with van der Waals surface area (Å²) in [6, 6.07) is 0.0354. The van der Waals surface area contributed by atoms with Crippen LogP contribution in [0.25, 0.3) is 0 Å². The Labute approximate surface area is 118 Å². The predicted molar refractivity (Wildman–Crippen MR) is 79.0 cm³/mol. The summed E-state index contributed by atoms with van der Waals surface area (Å²) in [4.78, 5) is 14.8. The second-order valence-electron chi connectivity index (χ2n) is 6.53. The van der Waals surface area contributed by atoms with Crippen molar-refractivity contribution in [2.24, 2.45) is 11.8 Å². The predicted octanol–water partition coefficient (Wildman–Crippen LogP) is 2.80. The lowest BCUT2D eigenvalue weighted by Gasteiger charge is -2.29. The topological polar surface area (TPSA) is 32.3 Å². The highest BCUT2D eigenvalue weighted by Gasteiger charge is 2.31. The van der Waals surface area contributed by atoms with Crippen molar-refractivity contribution in [2.45, 2.75) is 64.3 Å². The molecule has 1 aliphatic carbocycles. The van der Waals surface area contributed by atoms with Gasteiger partial charge in [-0.1, -0.05) is 32.6 Å². The molecular weight excluding hydrogens is 236 g/mol. The maximum absolute atomic E-state index is 12.6. The van der Waals surface area contributed by atoms with E-state index >= 15 is 0 Å². The van der Waals surface area contributed by atoms with Crippen molar-refractivity contribution in [3.63, 3.8) is 0 Å². The van der Waals surface area contributed by atoms with Gasteiger partial charge in [-0.15, -0.1) is 0 Å². The Morgan fingerprint density at radius 1 is 1.11 bits per heavy atom. The smallest absolute Gasteiger partial charge is 0.239 e. The minimum atomic E-state index is 0.0354. The van der Waals surface area contributed by atoms with Crippen molar-refractivity contribution < 1.29 is 4.79 Å². The molecule has 2 unspecified atom stereocenters. The van der Waals surface area contributed by atoms with Gasteiger partial charge >= 0.3 is 0 Å². The molecule has 0 aromatic rings. The van der Waals surface area contributed by atoms with Crippen LogP contribution < -0.4 is 5.32 Å². The summed E-state index contributed by atoms with van der Waals surface area (Å²) in [5.74, 6) is 1.56. The third kappa shape index (κ3) is 3.95. The number of likely N-dealkylation sites (N-methyl/N-ethyl adjacent to an activating group) is 1. The lowest BCUT2D eigenvalue weighted by molar-refractivity contribution is -0.134. The summed E-state index contributed by atoms with van der Waals surface area (Å²) in [5, 5.41) is 3.23. The minimum Gasteiger partial charge on any atom is -0.341 e. The van der Waals surface area contributed by atoms with Gasteiger partial charge in [-0.05, 0) is 44.6 Å². The lowest BCUT2D eigenvalue weighted by Crippen LogP contribution is -2.48. The van der Waals surface area contributed by atoms with Gasteiger partial charge in [0.1, 0.15) is 0 Å². The molecule has 1 aliphatic heterocycles. The van der Waals surface area contributed by atoms with Crippen molar-refractivity contribution in [1.82, 2.24) is 10.2 Å². The summed E-state index contributed by atoms with van der Waals surface area (Å²) >= 11 is 0. The van der Waals surface area contributed by atoms with E-state index < -0.39 is 0 Å². The van der Waals surface area contributed by atoms with E-state index in [9.17, 15) is 4.79 Å². The molecule has 110 valence electrons. The van der Waals surface area contributed by atoms with E-state index in [2.05, 4.69) is 17.1 Å². The Morgan fingerprint density at radius 2 is 1.79 bits per heavy atom. The van der Waals surface area contributed by atoms with Gasteiger partial charge in [0.05, 0.1) is 6.04 Å². The Balaban J connectivity index is 1.95. The molecule has 0 bridgehead atoms. The summed E-state index contributed by atoms with van der Waals surface area (Å²) in [5.41, 5.74) is 0. The second kappa shape index (κ2) is 7.28. The number of amides is 1. The van der Waals surface area contributed by atoms with Crippen LogP contribution in [-0.4, -0.2) is 37.0 Å². The van der Waals surface area contributed by atoms with Crippen molar-refractivity contribution in [2.75, 3.05) is 20.1 Å². The summed E-state index contributed by atoms with van der Waals surface area (Å²) in [6.07, 6.45) is 10.5. The number of carbonyl (C=O) groups excluding carboxylic acids is 1. The van der Waals surface area contributed by atoms with Gasteiger partial charge in [-0.3, -0.25) is 4.79 Å². The normalized spacial score (nSPS) is 31.1. The van der Waals surface area contributed by atoms with E-state index in [4.69, 9.17) is 0 Å². The highest BCUT2D eigenvalue weighted by Crippen LogP contribution is 2.26. The van der Waals surface area contributed by atoms with Crippen LogP contribution in [0.5, 0.6) is 0 Å². The molecule has 0 radical (unpaired) electrons.